The number of ether oxygens (including phenoxy) is 1. The molecule has 104 valence electrons. The minimum Gasteiger partial charge on any atom is -0.480 e. The Labute approximate surface area is 107 Å². The van der Waals surface area contributed by atoms with Crippen LogP contribution < -0.4 is 10.6 Å². The van der Waals surface area contributed by atoms with Gasteiger partial charge in [-0.2, -0.15) is 0 Å². The molecule has 0 aromatic heterocycles. The van der Waals surface area contributed by atoms with Crippen molar-refractivity contribution in [1.82, 2.24) is 5.32 Å². The quantitative estimate of drug-likeness (QED) is 0.752. The van der Waals surface area contributed by atoms with Gasteiger partial charge in [-0.3, -0.25) is 0 Å². The zero-order valence-corrected chi connectivity index (χ0v) is 9.94. The number of anilines is 1. The van der Waals surface area contributed by atoms with Gasteiger partial charge in [0.05, 0.1) is 6.61 Å². The van der Waals surface area contributed by atoms with Crippen LogP contribution in [0.2, 0.25) is 0 Å². The zero-order chi connectivity index (χ0) is 14.4. The molecule has 0 saturated carbocycles. The Balaban J connectivity index is 2.72. The standard InChI is InChI=1S/C11H12F2N2O4/c1-19-5-8(10(16)17)14-11(18)15-9-6(12)3-2-4-7(9)13/h2-4,8H,5H2,1H3,(H,16,17)(H2,14,15,18). The first-order valence-corrected chi connectivity index (χ1v) is 5.19. The molecule has 19 heavy (non-hydrogen) atoms. The molecule has 3 N–H and O–H groups in total. The molecule has 8 heteroatoms. The number of para-hydroxylation sites is 1. The van der Waals surface area contributed by atoms with Crippen molar-refractivity contribution in [2.75, 3.05) is 19.0 Å². The van der Waals surface area contributed by atoms with Crippen LogP contribution in [-0.2, 0) is 9.53 Å². The average Bonchev–Trinajstić information content (AvgIpc) is 2.33. The number of carboxylic acid groups (broad SMARTS) is 1. The second kappa shape index (κ2) is 6.64. The molecule has 6 nitrogen and oxygen atoms in total. The molecular weight excluding hydrogens is 262 g/mol. The van der Waals surface area contributed by atoms with Crippen molar-refractivity contribution < 1.29 is 28.2 Å². The predicted octanol–water partition coefficient (Wildman–Crippen LogP) is 1.19. The maximum Gasteiger partial charge on any atom is 0.328 e. The van der Waals surface area contributed by atoms with Crippen LogP contribution in [0.15, 0.2) is 18.2 Å². The second-order valence-corrected chi connectivity index (χ2v) is 3.54. The molecule has 0 aliphatic rings. The molecule has 0 saturated heterocycles. The molecule has 0 bridgehead atoms. The molecule has 0 radical (unpaired) electrons. The Morgan fingerprint density at radius 3 is 2.42 bits per heavy atom. The Bertz CT molecular complexity index is 462. The highest BCUT2D eigenvalue weighted by molar-refractivity contribution is 5.92. The SMILES string of the molecule is COCC(NC(=O)Nc1c(F)cccc1F)C(=O)O. The number of carboxylic acids is 1. The van der Waals surface area contributed by atoms with E-state index in [1.54, 1.807) is 0 Å². The van der Waals surface area contributed by atoms with Crippen LogP contribution in [0.5, 0.6) is 0 Å². The number of rotatable bonds is 5. The lowest BCUT2D eigenvalue weighted by Gasteiger charge is -2.14. The largest absolute Gasteiger partial charge is 0.480 e. The van der Waals surface area contributed by atoms with E-state index in [4.69, 9.17) is 5.11 Å². The van der Waals surface area contributed by atoms with Crippen molar-refractivity contribution in [3.63, 3.8) is 0 Å². The van der Waals surface area contributed by atoms with E-state index < -0.39 is 35.4 Å². The third kappa shape index (κ3) is 4.18. The summed E-state index contributed by atoms with van der Waals surface area (Å²) >= 11 is 0. The van der Waals surface area contributed by atoms with Crippen LogP contribution in [0, 0.1) is 11.6 Å². The van der Waals surface area contributed by atoms with Crippen LogP contribution in [0.3, 0.4) is 0 Å². The van der Waals surface area contributed by atoms with Crippen LogP contribution in [-0.4, -0.2) is 36.9 Å². The van der Waals surface area contributed by atoms with E-state index in [0.29, 0.717) is 0 Å². The monoisotopic (exact) mass is 274 g/mol. The number of urea groups is 1. The molecule has 0 spiro atoms. The van der Waals surface area contributed by atoms with Crippen LogP contribution in [0.4, 0.5) is 19.3 Å². The Morgan fingerprint density at radius 1 is 1.37 bits per heavy atom. The normalized spacial score (nSPS) is 11.7. The lowest BCUT2D eigenvalue weighted by atomic mass is 10.3. The van der Waals surface area contributed by atoms with E-state index in [-0.39, 0.29) is 6.61 Å². The van der Waals surface area contributed by atoms with Crippen LogP contribution >= 0.6 is 0 Å². The summed E-state index contributed by atoms with van der Waals surface area (Å²) in [5, 5.41) is 12.7. The maximum atomic E-state index is 13.2. The molecule has 1 unspecified atom stereocenters. The molecule has 0 fully saturated rings. The topological polar surface area (TPSA) is 87.7 Å². The number of amides is 2. The fourth-order valence-electron chi connectivity index (χ4n) is 1.27. The van der Waals surface area contributed by atoms with Gasteiger partial charge in [-0.05, 0) is 12.1 Å². The first-order valence-electron chi connectivity index (χ1n) is 5.19. The number of carbonyl (C=O) groups excluding carboxylic acids is 1. The van der Waals surface area contributed by atoms with Gasteiger partial charge >= 0.3 is 12.0 Å². The lowest BCUT2D eigenvalue weighted by Crippen LogP contribution is -2.45. The molecule has 0 heterocycles. The van der Waals surface area contributed by atoms with Gasteiger partial charge in [0.25, 0.3) is 0 Å². The summed E-state index contributed by atoms with van der Waals surface area (Å²) in [5.41, 5.74) is -0.651. The van der Waals surface area contributed by atoms with Crippen molar-refractivity contribution >= 4 is 17.7 Å². The smallest absolute Gasteiger partial charge is 0.328 e. The second-order valence-electron chi connectivity index (χ2n) is 3.54. The molecule has 1 aromatic rings. The van der Waals surface area contributed by atoms with Gasteiger partial charge in [0.1, 0.15) is 17.3 Å². The summed E-state index contributed by atoms with van der Waals surface area (Å²) in [6.07, 6.45) is 0. The number of aliphatic carboxylic acids is 1. The fraction of sp³-hybridized carbons (Fsp3) is 0.273. The van der Waals surface area contributed by atoms with Gasteiger partial charge in [-0.25, -0.2) is 18.4 Å². The number of carbonyl (C=O) groups is 2. The van der Waals surface area contributed by atoms with Crippen LogP contribution in [0.25, 0.3) is 0 Å². The van der Waals surface area contributed by atoms with Gasteiger partial charge in [0.2, 0.25) is 0 Å². The van der Waals surface area contributed by atoms with Crippen molar-refractivity contribution in [2.45, 2.75) is 6.04 Å². The summed E-state index contributed by atoms with van der Waals surface area (Å²) in [4.78, 5) is 22.2. The maximum absolute atomic E-state index is 13.2. The first kappa shape index (κ1) is 14.8. The van der Waals surface area contributed by atoms with Crippen molar-refractivity contribution in [3.05, 3.63) is 29.8 Å². The van der Waals surface area contributed by atoms with E-state index in [1.807, 2.05) is 10.6 Å². The van der Waals surface area contributed by atoms with Gasteiger partial charge in [0, 0.05) is 7.11 Å². The minimum atomic E-state index is -1.33. The van der Waals surface area contributed by atoms with E-state index in [0.717, 1.165) is 18.2 Å². The number of methoxy groups -OCH3 is 1. The molecular formula is C11H12F2N2O4. The van der Waals surface area contributed by atoms with Gasteiger partial charge < -0.3 is 20.5 Å². The third-order valence-corrected chi connectivity index (χ3v) is 2.14. The zero-order valence-electron chi connectivity index (χ0n) is 9.94. The average molecular weight is 274 g/mol. The lowest BCUT2D eigenvalue weighted by molar-refractivity contribution is -0.140. The fourth-order valence-corrected chi connectivity index (χ4v) is 1.27. The summed E-state index contributed by atoms with van der Waals surface area (Å²) in [5.74, 6) is -3.26. The predicted molar refractivity (Wildman–Crippen MR) is 61.8 cm³/mol. The number of hydrogen-bond donors (Lipinski definition) is 3. The molecule has 1 aromatic carbocycles. The summed E-state index contributed by atoms with van der Waals surface area (Å²) in [6.45, 7) is -0.275. The molecule has 0 aliphatic carbocycles. The van der Waals surface area contributed by atoms with Crippen molar-refractivity contribution in [2.24, 2.45) is 0 Å². The number of benzene rings is 1. The Hall–Kier alpha value is -2.22. The van der Waals surface area contributed by atoms with Crippen LogP contribution in [0.1, 0.15) is 0 Å². The highest BCUT2D eigenvalue weighted by Gasteiger charge is 2.21. The summed E-state index contributed by atoms with van der Waals surface area (Å²) < 4.78 is 31.1. The highest BCUT2D eigenvalue weighted by Crippen LogP contribution is 2.17. The summed E-state index contributed by atoms with van der Waals surface area (Å²) in [7, 11) is 1.26. The van der Waals surface area contributed by atoms with Gasteiger partial charge in [0.15, 0.2) is 6.04 Å². The van der Waals surface area contributed by atoms with E-state index in [9.17, 15) is 18.4 Å². The molecule has 2 amide bonds. The third-order valence-electron chi connectivity index (χ3n) is 2.14. The Kier molecular flexibility index (Phi) is 5.19. The Morgan fingerprint density at radius 2 is 1.95 bits per heavy atom. The molecule has 1 rings (SSSR count). The summed E-state index contributed by atoms with van der Waals surface area (Å²) in [6, 6.07) is 0.692. The minimum absolute atomic E-state index is 0.275. The highest BCUT2D eigenvalue weighted by atomic mass is 19.1. The molecule has 0 aliphatic heterocycles. The number of hydrogen-bond acceptors (Lipinski definition) is 3. The van der Waals surface area contributed by atoms with Crippen molar-refractivity contribution in [1.29, 1.82) is 0 Å². The van der Waals surface area contributed by atoms with E-state index in [2.05, 4.69) is 4.74 Å². The van der Waals surface area contributed by atoms with Crippen molar-refractivity contribution in [3.8, 4) is 0 Å². The molecule has 1 atom stereocenters. The number of halogens is 2. The first-order chi connectivity index (χ1) is 8.95. The van der Waals surface area contributed by atoms with E-state index in [1.165, 1.54) is 7.11 Å². The van der Waals surface area contributed by atoms with Gasteiger partial charge in [-0.15, -0.1) is 0 Å². The number of nitrogens with one attached hydrogen (secondary N) is 2. The van der Waals surface area contributed by atoms with Gasteiger partial charge in [-0.1, -0.05) is 6.07 Å². The van der Waals surface area contributed by atoms with E-state index >= 15 is 0 Å².